The van der Waals surface area contributed by atoms with Crippen LogP contribution in [0.3, 0.4) is 0 Å². The number of hydrogen-bond donors (Lipinski definition) is 2. The van der Waals surface area contributed by atoms with E-state index >= 15 is 0 Å². The van der Waals surface area contributed by atoms with Crippen molar-refractivity contribution in [2.24, 2.45) is 0 Å². The average molecular weight is 477 g/mol. The van der Waals surface area contributed by atoms with Gasteiger partial charge in [0.1, 0.15) is 0 Å². The van der Waals surface area contributed by atoms with E-state index in [0.717, 1.165) is 24.9 Å². The van der Waals surface area contributed by atoms with Gasteiger partial charge in [-0.05, 0) is 55.3 Å². The van der Waals surface area contributed by atoms with Crippen LogP contribution in [0.4, 0.5) is 11.4 Å². The molecule has 0 unspecified atom stereocenters. The Morgan fingerprint density at radius 2 is 1.72 bits per heavy atom. The molecule has 0 bridgehead atoms. The van der Waals surface area contributed by atoms with Gasteiger partial charge in [0.2, 0.25) is 15.9 Å². The highest BCUT2D eigenvalue weighted by Crippen LogP contribution is 2.26. The maximum Gasteiger partial charge on any atom is 0.257 e. The summed E-state index contributed by atoms with van der Waals surface area (Å²) in [6.45, 7) is 2.56. The molecule has 4 rings (SSSR count). The molecule has 0 spiro atoms. The van der Waals surface area contributed by atoms with Crippen molar-refractivity contribution < 1.29 is 18.0 Å². The molecule has 0 radical (unpaired) electrons. The Morgan fingerprint density at radius 1 is 1.00 bits per heavy atom. The van der Waals surface area contributed by atoms with E-state index in [9.17, 15) is 18.0 Å². The standard InChI is InChI=1S/C22H25ClN4O4S/c23-20-9-8-18(32(30,31)27-11-2-1-3-12-27)14-19(20)22(29)25-16-4-6-17(7-5-16)26-13-10-24-21(28)15-26/h4-9,14H,1-3,10-13,15H2,(H,24,28)(H,25,29). The van der Waals surface area contributed by atoms with E-state index in [4.69, 9.17) is 11.6 Å². The third-order valence-corrected chi connectivity index (χ3v) is 7.89. The van der Waals surface area contributed by atoms with E-state index in [-0.39, 0.29) is 21.4 Å². The number of piperazine rings is 1. The molecule has 8 nitrogen and oxygen atoms in total. The number of hydrogen-bond acceptors (Lipinski definition) is 5. The number of benzene rings is 2. The van der Waals surface area contributed by atoms with Crippen molar-refractivity contribution in [3.8, 4) is 0 Å². The van der Waals surface area contributed by atoms with Gasteiger partial charge in [-0.1, -0.05) is 18.0 Å². The van der Waals surface area contributed by atoms with E-state index in [1.165, 1.54) is 22.5 Å². The summed E-state index contributed by atoms with van der Waals surface area (Å²) in [5, 5.41) is 5.73. The van der Waals surface area contributed by atoms with Crippen molar-refractivity contribution >= 4 is 44.8 Å². The number of carbonyl (C=O) groups excluding carboxylic acids is 2. The van der Waals surface area contributed by atoms with Crippen LogP contribution in [-0.2, 0) is 14.8 Å². The number of rotatable bonds is 5. The SMILES string of the molecule is O=C1CN(c2ccc(NC(=O)c3cc(S(=O)(=O)N4CCCCC4)ccc3Cl)cc2)CCN1. The average Bonchev–Trinajstić information content (AvgIpc) is 2.80. The molecule has 2 saturated heterocycles. The van der Waals surface area contributed by atoms with Gasteiger partial charge in [0, 0.05) is 37.6 Å². The van der Waals surface area contributed by atoms with Gasteiger partial charge in [0.15, 0.2) is 0 Å². The van der Waals surface area contributed by atoms with Crippen LogP contribution in [-0.4, -0.2) is 57.3 Å². The minimum Gasteiger partial charge on any atom is -0.360 e. The Bertz CT molecular complexity index is 1120. The van der Waals surface area contributed by atoms with Gasteiger partial charge in [-0.15, -0.1) is 0 Å². The predicted octanol–water partition coefficient (Wildman–Crippen LogP) is 2.70. The van der Waals surface area contributed by atoms with Crippen LogP contribution in [0.15, 0.2) is 47.4 Å². The summed E-state index contributed by atoms with van der Waals surface area (Å²) in [5.74, 6) is -0.515. The Balaban J connectivity index is 1.49. The van der Waals surface area contributed by atoms with Crippen molar-refractivity contribution in [3.63, 3.8) is 0 Å². The zero-order chi connectivity index (χ0) is 22.7. The number of sulfonamides is 1. The summed E-state index contributed by atoms with van der Waals surface area (Å²) in [6.07, 6.45) is 2.68. The van der Waals surface area contributed by atoms with Crippen LogP contribution in [0.2, 0.25) is 5.02 Å². The number of piperidine rings is 1. The number of amides is 2. The van der Waals surface area contributed by atoms with Crippen molar-refractivity contribution in [2.75, 3.05) is 42.9 Å². The molecule has 0 aromatic heterocycles. The molecule has 2 aliphatic rings. The Morgan fingerprint density at radius 3 is 2.41 bits per heavy atom. The summed E-state index contributed by atoms with van der Waals surface area (Å²) < 4.78 is 27.4. The molecule has 2 aromatic rings. The van der Waals surface area contributed by atoms with E-state index < -0.39 is 15.9 Å². The number of anilines is 2. The van der Waals surface area contributed by atoms with E-state index in [0.29, 0.717) is 38.4 Å². The molecule has 170 valence electrons. The molecule has 0 saturated carbocycles. The molecule has 2 fully saturated rings. The van der Waals surface area contributed by atoms with Crippen molar-refractivity contribution in [1.29, 1.82) is 0 Å². The Labute approximate surface area is 192 Å². The summed E-state index contributed by atoms with van der Waals surface area (Å²) in [5.41, 5.74) is 1.52. The monoisotopic (exact) mass is 476 g/mol. The number of nitrogens with one attached hydrogen (secondary N) is 2. The second-order valence-corrected chi connectivity index (χ2v) is 10.2. The lowest BCUT2D eigenvalue weighted by atomic mass is 10.2. The number of carbonyl (C=O) groups is 2. The molecule has 2 amide bonds. The zero-order valence-electron chi connectivity index (χ0n) is 17.5. The topological polar surface area (TPSA) is 98.8 Å². The second kappa shape index (κ2) is 9.48. The maximum absolute atomic E-state index is 13.0. The smallest absolute Gasteiger partial charge is 0.257 e. The Kier molecular flexibility index (Phi) is 6.68. The molecular weight excluding hydrogens is 452 g/mol. The molecule has 2 N–H and O–H groups in total. The van der Waals surface area contributed by atoms with Gasteiger partial charge >= 0.3 is 0 Å². The van der Waals surface area contributed by atoms with Crippen molar-refractivity contribution in [2.45, 2.75) is 24.2 Å². The lowest BCUT2D eigenvalue weighted by molar-refractivity contribution is -0.120. The van der Waals surface area contributed by atoms with E-state index in [1.807, 2.05) is 17.0 Å². The third-order valence-electron chi connectivity index (χ3n) is 5.66. The number of halogens is 1. The summed E-state index contributed by atoms with van der Waals surface area (Å²) in [7, 11) is -3.67. The molecule has 0 atom stereocenters. The van der Waals surface area contributed by atoms with Gasteiger partial charge in [-0.25, -0.2) is 8.42 Å². The fraction of sp³-hybridized carbons (Fsp3) is 0.364. The van der Waals surface area contributed by atoms with Crippen LogP contribution in [0.25, 0.3) is 0 Å². The molecule has 2 aliphatic heterocycles. The van der Waals surface area contributed by atoms with Crippen LogP contribution in [0.5, 0.6) is 0 Å². The minimum atomic E-state index is -3.67. The predicted molar refractivity (Wildman–Crippen MR) is 124 cm³/mol. The Hall–Kier alpha value is -2.62. The highest BCUT2D eigenvalue weighted by atomic mass is 35.5. The fourth-order valence-electron chi connectivity index (χ4n) is 3.91. The van der Waals surface area contributed by atoms with Crippen molar-refractivity contribution in [3.05, 3.63) is 53.1 Å². The largest absolute Gasteiger partial charge is 0.360 e. The lowest BCUT2D eigenvalue weighted by Gasteiger charge is -2.28. The van der Waals surface area contributed by atoms with Crippen LogP contribution >= 0.6 is 11.6 Å². The van der Waals surface area contributed by atoms with Crippen LogP contribution in [0.1, 0.15) is 29.6 Å². The second-order valence-electron chi connectivity index (χ2n) is 7.88. The fourth-order valence-corrected chi connectivity index (χ4v) is 5.65. The summed E-state index contributed by atoms with van der Waals surface area (Å²) in [4.78, 5) is 26.4. The summed E-state index contributed by atoms with van der Waals surface area (Å²) in [6, 6.07) is 11.3. The van der Waals surface area contributed by atoms with Crippen LogP contribution in [0, 0.1) is 0 Å². The molecule has 0 aliphatic carbocycles. The molecule has 2 heterocycles. The first kappa shape index (κ1) is 22.6. The van der Waals surface area contributed by atoms with Gasteiger partial charge in [-0.3, -0.25) is 9.59 Å². The third kappa shape index (κ3) is 4.90. The van der Waals surface area contributed by atoms with E-state index in [1.54, 1.807) is 12.1 Å². The quantitative estimate of drug-likeness (QED) is 0.691. The highest BCUT2D eigenvalue weighted by molar-refractivity contribution is 7.89. The normalized spacial score (nSPS) is 17.7. The highest BCUT2D eigenvalue weighted by Gasteiger charge is 2.27. The maximum atomic E-state index is 13.0. The van der Waals surface area contributed by atoms with Crippen LogP contribution < -0.4 is 15.5 Å². The molecule has 10 heteroatoms. The zero-order valence-corrected chi connectivity index (χ0v) is 19.1. The molecule has 2 aromatic carbocycles. The molecule has 32 heavy (non-hydrogen) atoms. The molecular formula is C22H25ClN4O4S. The number of nitrogens with zero attached hydrogens (tertiary/aromatic N) is 2. The van der Waals surface area contributed by atoms with Gasteiger partial charge in [0.05, 0.1) is 22.0 Å². The van der Waals surface area contributed by atoms with E-state index in [2.05, 4.69) is 10.6 Å². The first-order valence-electron chi connectivity index (χ1n) is 10.6. The van der Waals surface area contributed by atoms with Gasteiger partial charge < -0.3 is 15.5 Å². The first-order valence-corrected chi connectivity index (χ1v) is 12.4. The lowest BCUT2D eigenvalue weighted by Crippen LogP contribution is -2.47. The van der Waals surface area contributed by atoms with Gasteiger partial charge in [0.25, 0.3) is 5.91 Å². The van der Waals surface area contributed by atoms with Gasteiger partial charge in [-0.2, -0.15) is 4.31 Å². The summed E-state index contributed by atoms with van der Waals surface area (Å²) >= 11 is 6.22. The van der Waals surface area contributed by atoms with Crippen molar-refractivity contribution in [1.82, 2.24) is 9.62 Å². The first-order chi connectivity index (χ1) is 15.3. The minimum absolute atomic E-state index is 0.0253.